The van der Waals surface area contributed by atoms with Crippen LogP contribution in [-0.2, 0) is 16.1 Å². The van der Waals surface area contributed by atoms with Gasteiger partial charge in [-0.2, -0.15) is 5.26 Å². The molecule has 5 aromatic rings. The summed E-state index contributed by atoms with van der Waals surface area (Å²) in [7, 11) is 0. The van der Waals surface area contributed by atoms with Gasteiger partial charge in [0.25, 0.3) is 5.56 Å². The van der Waals surface area contributed by atoms with Crippen molar-refractivity contribution in [2.24, 2.45) is 4.99 Å². The van der Waals surface area contributed by atoms with Crippen molar-refractivity contribution in [3.8, 4) is 17.6 Å². The van der Waals surface area contributed by atoms with Gasteiger partial charge in [0.05, 0.1) is 46.7 Å². The molecule has 240 valence electrons. The van der Waals surface area contributed by atoms with Crippen molar-refractivity contribution in [1.82, 2.24) is 4.57 Å². The van der Waals surface area contributed by atoms with E-state index in [2.05, 4.69) is 6.07 Å². The first-order valence-corrected chi connectivity index (χ1v) is 16.1. The Labute approximate surface area is 279 Å². The fourth-order valence-electron chi connectivity index (χ4n) is 5.46. The maximum Gasteiger partial charge on any atom is 0.338 e. The molecular weight excluding hydrogens is 629 g/mol. The normalized spacial score (nSPS) is 14.1. The number of rotatable bonds is 10. The minimum Gasteiger partial charge on any atom is -0.490 e. The highest BCUT2D eigenvalue weighted by molar-refractivity contribution is 7.07. The van der Waals surface area contributed by atoms with Crippen LogP contribution in [0.3, 0.4) is 0 Å². The standard InChI is InChI=1S/C38H30FN3O5S/c1-3-45-31-20-24(14-19-30(31)47-23-28-13-9-8-12-27(28)22-40)21-32-36(43)42-35(26-15-17-29(39)18-16-26)33(37(44)46-4-2)34(41-38(42)48-32)25-10-6-5-7-11-25/h5-21,35H,3-4,23H2,1-2H3/b32-21-/t35-/m0/s1. The number of carbonyl (C=O) groups excluding carboxylic acids is 1. The van der Waals surface area contributed by atoms with E-state index in [1.807, 2.05) is 55.5 Å². The fraction of sp³-hybridized carbons (Fsp3) is 0.158. The van der Waals surface area contributed by atoms with Crippen LogP contribution in [0.2, 0.25) is 0 Å². The zero-order chi connectivity index (χ0) is 33.6. The Morgan fingerprint density at radius 3 is 2.44 bits per heavy atom. The number of esters is 1. The summed E-state index contributed by atoms with van der Waals surface area (Å²) in [6, 6.07) is 28.8. The monoisotopic (exact) mass is 659 g/mol. The average molecular weight is 660 g/mol. The maximum atomic E-state index is 14.2. The smallest absolute Gasteiger partial charge is 0.338 e. The first-order chi connectivity index (χ1) is 23.4. The van der Waals surface area contributed by atoms with Gasteiger partial charge in [-0.15, -0.1) is 0 Å². The molecule has 1 atom stereocenters. The Hall–Kier alpha value is -5.79. The number of hydrogen-bond donors (Lipinski definition) is 0. The van der Waals surface area contributed by atoms with Crippen LogP contribution in [0.4, 0.5) is 4.39 Å². The van der Waals surface area contributed by atoms with Crippen molar-refractivity contribution in [3.05, 3.63) is 156 Å². The number of hydrogen-bond acceptors (Lipinski definition) is 8. The van der Waals surface area contributed by atoms with E-state index in [1.165, 1.54) is 28.0 Å². The van der Waals surface area contributed by atoms with Crippen LogP contribution in [0.5, 0.6) is 11.5 Å². The Kier molecular flexibility index (Phi) is 9.60. The van der Waals surface area contributed by atoms with E-state index in [-0.39, 0.29) is 24.3 Å². The summed E-state index contributed by atoms with van der Waals surface area (Å²) >= 11 is 1.18. The second-order valence-corrected chi connectivity index (χ2v) is 11.7. The van der Waals surface area contributed by atoms with Gasteiger partial charge >= 0.3 is 5.97 Å². The molecule has 0 amide bonds. The van der Waals surface area contributed by atoms with Crippen LogP contribution in [0, 0.1) is 17.1 Å². The van der Waals surface area contributed by atoms with Crippen LogP contribution >= 0.6 is 11.3 Å². The molecule has 0 saturated carbocycles. The lowest BCUT2D eigenvalue weighted by atomic mass is 9.93. The molecule has 0 N–H and O–H groups in total. The Balaban J connectivity index is 1.47. The van der Waals surface area contributed by atoms with Crippen LogP contribution in [0.1, 0.15) is 47.7 Å². The molecule has 6 rings (SSSR count). The Bertz CT molecular complexity index is 2240. The van der Waals surface area contributed by atoms with Crippen LogP contribution < -0.4 is 24.4 Å². The number of nitriles is 1. The van der Waals surface area contributed by atoms with Gasteiger partial charge in [-0.1, -0.05) is 78.1 Å². The molecule has 2 heterocycles. The highest BCUT2D eigenvalue weighted by Crippen LogP contribution is 2.35. The number of ether oxygens (including phenoxy) is 3. The van der Waals surface area contributed by atoms with E-state index in [0.29, 0.717) is 55.4 Å². The summed E-state index contributed by atoms with van der Waals surface area (Å²) in [5, 5.41) is 9.44. The SMILES string of the molecule is CCOC(=O)C1=C(c2ccccc2)N=c2s/c(=C\c3ccc(OCc4ccccc4C#N)c(OCC)c3)c(=O)n2[C@H]1c1ccc(F)cc1. The van der Waals surface area contributed by atoms with E-state index in [4.69, 9.17) is 19.2 Å². The molecule has 1 aliphatic heterocycles. The number of aromatic nitrogens is 1. The topological polar surface area (TPSA) is 103 Å². The third-order valence-corrected chi connectivity index (χ3v) is 8.63. The summed E-state index contributed by atoms with van der Waals surface area (Å²) in [5.74, 6) is -0.0827. The second kappa shape index (κ2) is 14.3. The number of halogens is 1. The zero-order valence-corrected chi connectivity index (χ0v) is 27.0. The van der Waals surface area contributed by atoms with Gasteiger partial charge in [0, 0.05) is 11.1 Å². The lowest BCUT2D eigenvalue weighted by Gasteiger charge is -2.25. The van der Waals surface area contributed by atoms with E-state index in [0.717, 1.165) is 5.56 Å². The summed E-state index contributed by atoms with van der Waals surface area (Å²) in [5.41, 5.74) is 3.38. The molecule has 1 aliphatic rings. The first kappa shape index (κ1) is 32.2. The molecule has 8 nitrogen and oxygen atoms in total. The minimum absolute atomic E-state index is 0.123. The van der Waals surface area contributed by atoms with Gasteiger partial charge in [-0.25, -0.2) is 14.2 Å². The molecule has 0 aliphatic carbocycles. The average Bonchev–Trinajstić information content (AvgIpc) is 3.42. The predicted molar refractivity (Wildman–Crippen MR) is 181 cm³/mol. The molecule has 0 saturated heterocycles. The lowest BCUT2D eigenvalue weighted by molar-refractivity contribution is -0.138. The zero-order valence-electron chi connectivity index (χ0n) is 26.2. The summed E-state index contributed by atoms with van der Waals surface area (Å²) in [6.07, 6.45) is 1.74. The highest BCUT2D eigenvalue weighted by atomic mass is 32.1. The quantitative estimate of drug-likeness (QED) is 0.173. The van der Waals surface area contributed by atoms with Crippen molar-refractivity contribution in [1.29, 1.82) is 5.26 Å². The third kappa shape index (κ3) is 6.54. The van der Waals surface area contributed by atoms with E-state index < -0.39 is 17.8 Å². The Morgan fingerprint density at radius 2 is 1.71 bits per heavy atom. The summed E-state index contributed by atoms with van der Waals surface area (Å²) in [6.45, 7) is 4.25. The number of nitrogens with zero attached hydrogens (tertiary/aromatic N) is 3. The number of thiazole rings is 1. The summed E-state index contributed by atoms with van der Waals surface area (Å²) < 4.78 is 33.3. The van der Waals surface area contributed by atoms with Crippen LogP contribution in [0.15, 0.2) is 112 Å². The van der Waals surface area contributed by atoms with Crippen LogP contribution in [0.25, 0.3) is 11.8 Å². The van der Waals surface area contributed by atoms with Gasteiger partial charge in [-0.05, 0) is 61.4 Å². The van der Waals surface area contributed by atoms with E-state index in [1.54, 1.807) is 49.4 Å². The molecule has 0 unspecified atom stereocenters. The van der Waals surface area contributed by atoms with Gasteiger partial charge in [0.1, 0.15) is 12.4 Å². The van der Waals surface area contributed by atoms with Gasteiger partial charge in [-0.3, -0.25) is 9.36 Å². The molecule has 0 fully saturated rings. The van der Waals surface area contributed by atoms with Gasteiger partial charge < -0.3 is 14.2 Å². The lowest BCUT2D eigenvalue weighted by Crippen LogP contribution is -2.40. The maximum absolute atomic E-state index is 14.2. The van der Waals surface area contributed by atoms with Crippen molar-refractivity contribution >= 4 is 29.1 Å². The molecule has 1 aromatic heterocycles. The van der Waals surface area contributed by atoms with Gasteiger partial charge in [0.2, 0.25) is 0 Å². The molecule has 0 spiro atoms. The number of fused-ring (bicyclic) bond motifs is 1. The first-order valence-electron chi connectivity index (χ1n) is 15.3. The predicted octanol–water partition coefficient (Wildman–Crippen LogP) is 5.92. The molecule has 4 aromatic carbocycles. The largest absolute Gasteiger partial charge is 0.490 e. The van der Waals surface area contributed by atoms with Crippen molar-refractivity contribution in [3.63, 3.8) is 0 Å². The number of carbonyl (C=O) groups is 1. The van der Waals surface area contributed by atoms with Crippen molar-refractivity contribution in [2.75, 3.05) is 13.2 Å². The van der Waals surface area contributed by atoms with E-state index in [9.17, 15) is 19.2 Å². The molecule has 0 bridgehead atoms. The van der Waals surface area contributed by atoms with E-state index >= 15 is 0 Å². The summed E-state index contributed by atoms with van der Waals surface area (Å²) in [4.78, 5) is 33.0. The van der Waals surface area contributed by atoms with Crippen molar-refractivity contribution in [2.45, 2.75) is 26.5 Å². The molecule has 0 radical (unpaired) electrons. The van der Waals surface area contributed by atoms with Crippen molar-refractivity contribution < 1.29 is 23.4 Å². The molecular formula is C38H30FN3O5S. The minimum atomic E-state index is -0.913. The molecule has 10 heteroatoms. The molecule has 48 heavy (non-hydrogen) atoms. The second-order valence-electron chi connectivity index (χ2n) is 10.7. The fourth-order valence-corrected chi connectivity index (χ4v) is 6.47. The third-order valence-electron chi connectivity index (χ3n) is 7.65. The van der Waals surface area contributed by atoms with Gasteiger partial charge in [0.15, 0.2) is 16.3 Å². The highest BCUT2D eigenvalue weighted by Gasteiger charge is 2.35. The van der Waals surface area contributed by atoms with Crippen LogP contribution in [-0.4, -0.2) is 23.8 Å². The number of benzene rings is 4. The Morgan fingerprint density at radius 1 is 0.958 bits per heavy atom.